The van der Waals surface area contributed by atoms with Gasteiger partial charge in [-0.25, -0.2) is 13.8 Å². The van der Waals surface area contributed by atoms with Crippen LogP contribution in [0.1, 0.15) is 38.4 Å². The van der Waals surface area contributed by atoms with Gasteiger partial charge >= 0.3 is 0 Å². The van der Waals surface area contributed by atoms with Gasteiger partial charge in [-0.05, 0) is 92.6 Å². The number of aryl methyl sites for hydroxylation is 2. The van der Waals surface area contributed by atoms with E-state index in [1.165, 1.54) is 4.31 Å². The molecule has 44 heavy (non-hydrogen) atoms. The third-order valence-electron chi connectivity index (χ3n) is 7.22. The Kier molecular flexibility index (Phi) is 9.39. The summed E-state index contributed by atoms with van der Waals surface area (Å²) in [6, 6.07) is 30.2. The molecule has 10 heteroatoms. The van der Waals surface area contributed by atoms with E-state index in [1.54, 1.807) is 79.0 Å². The highest BCUT2D eigenvalue weighted by molar-refractivity contribution is 9.10. The number of carbonyl (C=O) groups excluding carboxylic acids is 1. The second-order valence-electron chi connectivity index (χ2n) is 10.3. The molecule has 0 spiro atoms. The molecule has 0 aliphatic rings. The number of hydrogen-bond acceptors (Lipinski definition) is 4. The molecule has 4 aromatic carbocycles. The van der Waals surface area contributed by atoms with E-state index in [4.69, 9.17) is 11.6 Å². The third-order valence-corrected chi connectivity index (χ3v) is 9.72. The number of carbonyl (C=O) groups is 1. The number of rotatable bonds is 9. The second kappa shape index (κ2) is 13.2. The van der Waals surface area contributed by atoms with Crippen molar-refractivity contribution in [3.8, 4) is 5.69 Å². The number of nitrogens with zero attached hydrogens (tertiary/aromatic N) is 3. The molecule has 0 unspecified atom stereocenters. The number of nitrogens with one attached hydrogen (secondary N) is 1. The average Bonchev–Trinajstić information content (AvgIpc) is 3.30. The van der Waals surface area contributed by atoms with Crippen molar-refractivity contribution in [1.29, 1.82) is 0 Å². The van der Waals surface area contributed by atoms with Crippen molar-refractivity contribution in [2.24, 2.45) is 5.10 Å². The van der Waals surface area contributed by atoms with Gasteiger partial charge < -0.3 is 4.57 Å². The summed E-state index contributed by atoms with van der Waals surface area (Å²) in [5, 5.41) is 4.62. The SMILES string of the molecule is Cc1ccc(Cl)cc1N(Cc1ccc(C(=O)N/N=C\c2cc(C)n(-c3cccc(Br)c3)c2C)cc1)S(=O)(=O)c1ccccc1. The zero-order valence-corrected chi connectivity index (χ0v) is 27.5. The number of hydrazone groups is 1. The van der Waals surface area contributed by atoms with Crippen LogP contribution in [0, 0.1) is 20.8 Å². The first-order valence-electron chi connectivity index (χ1n) is 13.8. The molecule has 0 saturated carbocycles. The van der Waals surface area contributed by atoms with Crippen molar-refractivity contribution < 1.29 is 13.2 Å². The Morgan fingerprint density at radius 2 is 1.66 bits per heavy atom. The zero-order valence-electron chi connectivity index (χ0n) is 24.3. The summed E-state index contributed by atoms with van der Waals surface area (Å²) < 4.78 is 32.0. The molecule has 0 radical (unpaired) electrons. The highest BCUT2D eigenvalue weighted by Crippen LogP contribution is 2.31. The lowest BCUT2D eigenvalue weighted by atomic mass is 10.1. The van der Waals surface area contributed by atoms with E-state index in [0.717, 1.165) is 32.7 Å². The lowest BCUT2D eigenvalue weighted by Crippen LogP contribution is -2.31. The molecule has 0 saturated heterocycles. The van der Waals surface area contributed by atoms with E-state index in [9.17, 15) is 13.2 Å². The first-order chi connectivity index (χ1) is 21.0. The van der Waals surface area contributed by atoms with Crippen LogP contribution in [-0.4, -0.2) is 25.1 Å². The van der Waals surface area contributed by atoms with E-state index in [1.807, 2.05) is 51.1 Å². The van der Waals surface area contributed by atoms with Crippen LogP contribution >= 0.6 is 27.5 Å². The lowest BCUT2D eigenvalue weighted by Gasteiger charge is -2.26. The Morgan fingerprint density at radius 3 is 2.36 bits per heavy atom. The largest absolute Gasteiger partial charge is 0.318 e. The molecular formula is C34H30BrClN4O3S. The molecule has 7 nitrogen and oxygen atoms in total. The number of aromatic nitrogens is 1. The van der Waals surface area contributed by atoms with Gasteiger partial charge in [-0.1, -0.05) is 70.0 Å². The maximum atomic E-state index is 13.8. The molecule has 1 N–H and O–H groups in total. The fraction of sp³-hybridized carbons (Fsp3) is 0.118. The fourth-order valence-electron chi connectivity index (χ4n) is 4.95. The van der Waals surface area contributed by atoms with Crippen molar-refractivity contribution in [3.05, 3.63) is 146 Å². The van der Waals surface area contributed by atoms with Crippen LogP contribution in [0.5, 0.6) is 0 Å². The van der Waals surface area contributed by atoms with Crippen molar-refractivity contribution in [2.75, 3.05) is 4.31 Å². The Labute approximate surface area is 271 Å². The quantitative estimate of drug-likeness (QED) is 0.126. The summed E-state index contributed by atoms with van der Waals surface area (Å²) in [5.74, 6) is -0.381. The average molecular weight is 690 g/mol. The summed E-state index contributed by atoms with van der Waals surface area (Å²) >= 11 is 9.79. The molecule has 5 rings (SSSR count). The maximum absolute atomic E-state index is 13.8. The van der Waals surface area contributed by atoms with Crippen molar-refractivity contribution in [3.63, 3.8) is 0 Å². The van der Waals surface area contributed by atoms with Crippen molar-refractivity contribution in [1.82, 2.24) is 9.99 Å². The topological polar surface area (TPSA) is 83.8 Å². The number of hydrogen-bond donors (Lipinski definition) is 1. The summed E-state index contributed by atoms with van der Waals surface area (Å²) in [6.45, 7) is 5.91. The molecule has 1 aromatic heterocycles. The van der Waals surface area contributed by atoms with Gasteiger partial charge in [0.15, 0.2) is 0 Å². The van der Waals surface area contributed by atoms with E-state index in [2.05, 4.69) is 31.0 Å². The molecule has 5 aromatic rings. The maximum Gasteiger partial charge on any atom is 0.271 e. The Morgan fingerprint density at radius 1 is 0.932 bits per heavy atom. The van der Waals surface area contributed by atoms with Gasteiger partial charge in [-0.15, -0.1) is 0 Å². The highest BCUT2D eigenvalue weighted by Gasteiger charge is 2.26. The number of amides is 1. The van der Waals surface area contributed by atoms with Crippen LogP contribution in [0.15, 0.2) is 118 Å². The molecule has 1 amide bonds. The van der Waals surface area contributed by atoms with Gasteiger partial charge in [0.1, 0.15) is 0 Å². The summed E-state index contributed by atoms with van der Waals surface area (Å²) in [5.41, 5.74) is 8.87. The van der Waals surface area contributed by atoms with Crippen LogP contribution in [0.4, 0.5) is 5.69 Å². The molecule has 224 valence electrons. The Hall–Kier alpha value is -4.18. The normalized spacial score (nSPS) is 11.6. The standard InChI is InChI=1S/C34H30BrClN4O3S/c1-23-12-17-30(36)20-33(23)39(44(42,43)32-10-5-4-6-11-32)22-26-13-15-27(16-14-26)34(41)38-37-21-28-18-24(2)40(25(28)3)31-9-7-8-29(35)19-31/h4-21H,22H2,1-3H3,(H,38,41)/b37-21-. The van der Waals surface area contributed by atoms with Crippen molar-refractivity contribution >= 4 is 55.4 Å². The smallest absolute Gasteiger partial charge is 0.271 e. The minimum Gasteiger partial charge on any atom is -0.318 e. The summed E-state index contributed by atoms with van der Waals surface area (Å²) in [7, 11) is -3.91. The van der Waals surface area contributed by atoms with Crippen LogP contribution in [0.25, 0.3) is 5.69 Å². The highest BCUT2D eigenvalue weighted by atomic mass is 79.9. The summed E-state index contributed by atoms with van der Waals surface area (Å²) in [6.07, 6.45) is 1.63. The monoisotopic (exact) mass is 688 g/mol. The second-order valence-corrected chi connectivity index (χ2v) is 13.5. The molecule has 0 atom stereocenters. The Balaban J connectivity index is 1.33. The minimum atomic E-state index is -3.91. The number of benzene rings is 4. The Bertz CT molecular complexity index is 1960. The molecule has 0 fully saturated rings. The van der Waals surface area contributed by atoms with Gasteiger partial charge in [0.05, 0.1) is 23.3 Å². The zero-order chi connectivity index (χ0) is 31.4. The van der Waals surface area contributed by atoms with Crippen LogP contribution in [-0.2, 0) is 16.6 Å². The van der Waals surface area contributed by atoms with Gasteiger partial charge in [0.2, 0.25) is 0 Å². The third kappa shape index (κ3) is 6.80. The van der Waals surface area contributed by atoms with Gasteiger partial charge in [-0.3, -0.25) is 9.10 Å². The number of sulfonamides is 1. The molecular weight excluding hydrogens is 660 g/mol. The minimum absolute atomic E-state index is 0.0477. The van der Waals surface area contributed by atoms with Crippen molar-refractivity contribution in [2.45, 2.75) is 32.2 Å². The first-order valence-corrected chi connectivity index (χ1v) is 16.4. The first kappa shape index (κ1) is 31.3. The van der Waals surface area contributed by atoms with Gasteiger partial charge in [0.25, 0.3) is 15.9 Å². The predicted molar refractivity (Wildman–Crippen MR) is 180 cm³/mol. The van der Waals surface area contributed by atoms with E-state index < -0.39 is 10.0 Å². The van der Waals surface area contributed by atoms with Crippen LogP contribution in [0.2, 0.25) is 5.02 Å². The van der Waals surface area contributed by atoms with E-state index in [-0.39, 0.29) is 17.3 Å². The molecule has 0 bridgehead atoms. The fourth-order valence-corrected chi connectivity index (χ4v) is 7.04. The van der Waals surface area contributed by atoms with E-state index >= 15 is 0 Å². The van der Waals surface area contributed by atoms with Crippen LogP contribution < -0.4 is 9.73 Å². The molecule has 1 heterocycles. The number of halogens is 2. The number of anilines is 1. The van der Waals surface area contributed by atoms with Crippen LogP contribution in [0.3, 0.4) is 0 Å². The molecule has 0 aliphatic heterocycles. The predicted octanol–water partition coefficient (Wildman–Crippen LogP) is 7.98. The van der Waals surface area contributed by atoms with E-state index in [0.29, 0.717) is 21.8 Å². The summed E-state index contributed by atoms with van der Waals surface area (Å²) in [4.78, 5) is 13.0. The lowest BCUT2D eigenvalue weighted by molar-refractivity contribution is 0.0955. The molecule has 0 aliphatic carbocycles. The van der Waals surface area contributed by atoms with Gasteiger partial charge in [0, 0.05) is 37.7 Å². The van der Waals surface area contributed by atoms with Gasteiger partial charge in [-0.2, -0.15) is 5.10 Å².